The topological polar surface area (TPSA) is 53.3 Å². The van der Waals surface area contributed by atoms with E-state index in [-0.39, 0.29) is 0 Å². The van der Waals surface area contributed by atoms with Crippen molar-refractivity contribution in [1.29, 1.82) is 5.26 Å². The molecule has 0 radical (unpaired) electrons. The summed E-state index contributed by atoms with van der Waals surface area (Å²) >= 11 is 5.95. The Morgan fingerprint density at radius 1 is 1.62 bits per heavy atom. The van der Waals surface area contributed by atoms with E-state index in [0.717, 1.165) is 0 Å². The number of carbonyl (C=O) groups is 1. The van der Waals surface area contributed by atoms with Crippen LogP contribution < -0.4 is 9.64 Å². The molecule has 0 atom stereocenters. The van der Waals surface area contributed by atoms with Gasteiger partial charge in [0.05, 0.1) is 11.6 Å². The third-order valence-electron chi connectivity index (χ3n) is 2.00. The van der Waals surface area contributed by atoms with Crippen molar-refractivity contribution in [3.8, 4) is 11.8 Å². The number of rotatable bonds is 3. The molecule has 0 fully saturated rings. The highest BCUT2D eigenvalue weighted by molar-refractivity contribution is 6.32. The molecule has 1 amide bonds. The predicted octanol–water partition coefficient (Wildman–Crippen LogP) is 2.23. The Morgan fingerprint density at radius 2 is 2.31 bits per heavy atom. The zero-order valence-electron chi connectivity index (χ0n) is 9.03. The molecule has 1 rings (SSSR count). The van der Waals surface area contributed by atoms with E-state index in [2.05, 4.69) is 0 Å². The monoisotopic (exact) mass is 238 g/mol. The van der Waals surface area contributed by atoms with Gasteiger partial charge in [0.1, 0.15) is 5.75 Å². The van der Waals surface area contributed by atoms with Crippen molar-refractivity contribution >= 4 is 23.2 Å². The van der Waals surface area contributed by atoms with Gasteiger partial charge in [0, 0.05) is 12.7 Å². The Balaban J connectivity index is 2.97. The maximum Gasteiger partial charge on any atom is 0.329 e. The Labute approximate surface area is 99.0 Å². The standard InChI is InChI=1S/C11H11ClN2O2/c1-3-16-10-5-4-8(6-9(10)12)14(2)11(15)7-13/h4-6H,3H2,1-2H3. The van der Waals surface area contributed by atoms with Gasteiger partial charge < -0.3 is 9.64 Å². The molecule has 0 aliphatic rings. The van der Waals surface area contributed by atoms with Crippen molar-refractivity contribution in [3.05, 3.63) is 23.2 Å². The molecule has 0 aromatic heterocycles. The number of halogens is 1. The minimum atomic E-state index is -0.639. The van der Waals surface area contributed by atoms with Crippen LogP contribution in [0.4, 0.5) is 5.69 Å². The van der Waals surface area contributed by atoms with Gasteiger partial charge in [0.2, 0.25) is 0 Å². The second-order valence-corrected chi connectivity index (χ2v) is 3.43. The van der Waals surface area contributed by atoms with Gasteiger partial charge in [-0.3, -0.25) is 4.79 Å². The van der Waals surface area contributed by atoms with Gasteiger partial charge >= 0.3 is 5.91 Å². The number of hydrogen-bond donors (Lipinski definition) is 0. The van der Waals surface area contributed by atoms with Crippen molar-refractivity contribution < 1.29 is 9.53 Å². The molecule has 1 aromatic carbocycles. The zero-order valence-corrected chi connectivity index (χ0v) is 9.78. The Kier molecular flexibility index (Phi) is 4.15. The number of nitriles is 1. The molecule has 4 nitrogen and oxygen atoms in total. The fourth-order valence-corrected chi connectivity index (χ4v) is 1.39. The van der Waals surface area contributed by atoms with Crippen LogP contribution in [0.2, 0.25) is 5.02 Å². The largest absolute Gasteiger partial charge is 0.492 e. The van der Waals surface area contributed by atoms with E-state index in [1.807, 2.05) is 6.92 Å². The molecule has 0 bridgehead atoms. The highest BCUT2D eigenvalue weighted by Gasteiger charge is 2.11. The molecular weight excluding hydrogens is 228 g/mol. The summed E-state index contributed by atoms with van der Waals surface area (Å²) < 4.78 is 5.26. The van der Waals surface area contributed by atoms with Crippen LogP contribution in [0.25, 0.3) is 0 Å². The lowest BCUT2D eigenvalue weighted by Gasteiger charge is -2.14. The molecule has 0 aliphatic heterocycles. The maximum absolute atomic E-state index is 11.1. The summed E-state index contributed by atoms with van der Waals surface area (Å²) in [7, 11) is 1.51. The summed E-state index contributed by atoms with van der Waals surface area (Å²) in [5, 5.41) is 8.89. The lowest BCUT2D eigenvalue weighted by molar-refractivity contribution is -0.113. The summed E-state index contributed by atoms with van der Waals surface area (Å²) in [6.07, 6.45) is 0. The van der Waals surface area contributed by atoms with Gasteiger partial charge in [-0.25, -0.2) is 0 Å². The number of benzene rings is 1. The summed E-state index contributed by atoms with van der Waals surface area (Å²) in [4.78, 5) is 12.3. The minimum absolute atomic E-state index is 0.414. The summed E-state index contributed by atoms with van der Waals surface area (Å²) in [5.74, 6) is -0.0778. The highest BCUT2D eigenvalue weighted by Crippen LogP contribution is 2.28. The van der Waals surface area contributed by atoms with E-state index >= 15 is 0 Å². The number of anilines is 1. The quantitative estimate of drug-likeness (QED) is 0.759. The smallest absolute Gasteiger partial charge is 0.329 e. The molecule has 84 valence electrons. The van der Waals surface area contributed by atoms with Gasteiger partial charge in [-0.2, -0.15) is 5.26 Å². The third-order valence-corrected chi connectivity index (χ3v) is 2.30. The average Bonchev–Trinajstić information content (AvgIpc) is 2.30. The maximum atomic E-state index is 11.1. The molecule has 5 heteroatoms. The summed E-state index contributed by atoms with van der Waals surface area (Å²) in [6.45, 7) is 2.38. The van der Waals surface area contributed by atoms with Crippen molar-refractivity contribution in [2.24, 2.45) is 0 Å². The lowest BCUT2D eigenvalue weighted by atomic mass is 10.3. The van der Waals surface area contributed by atoms with Crippen LogP contribution in [-0.4, -0.2) is 19.6 Å². The van der Waals surface area contributed by atoms with Crippen molar-refractivity contribution in [2.75, 3.05) is 18.6 Å². The third kappa shape index (κ3) is 2.65. The first-order valence-electron chi connectivity index (χ1n) is 4.70. The van der Waals surface area contributed by atoms with Crippen LogP contribution in [0.3, 0.4) is 0 Å². The molecular formula is C11H11ClN2O2. The first-order valence-corrected chi connectivity index (χ1v) is 5.08. The molecule has 0 saturated heterocycles. The summed E-state index contributed by atoms with van der Waals surface area (Å²) in [6, 6.07) is 6.46. The van der Waals surface area contributed by atoms with Gasteiger partial charge in [0.25, 0.3) is 0 Å². The van der Waals surface area contributed by atoms with Crippen molar-refractivity contribution in [2.45, 2.75) is 6.92 Å². The molecule has 0 heterocycles. The molecule has 0 spiro atoms. The van der Waals surface area contributed by atoms with Crippen molar-refractivity contribution in [3.63, 3.8) is 0 Å². The van der Waals surface area contributed by atoms with E-state index in [0.29, 0.717) is 23.1 Å². The second-order valence-electron chi connectivity index (χ2n) is 3.02. The predicted molar refractivity (Wildman–Crippen MR) is 61.6 cm³/mol. The first kappa shape index (κ1) is 12.3. The molecule has 0 saturated carbocycles. The number of carbonyl (C=O) groups excluding carboxylic acids is 1. The molecule has 1 aromatic rings. The van der Waals surface area contributed by atoms with Crippen LogP contribution >= 0.6 is 11.6 Å². The Hall–Kier alpha value is -1.73. The fraction of sp³-hybridized carbons (Fsp3) is 0.273. The van der Waals surface area contributed by atoms with Crippen LogP contribution in [0.5, 0.6) is 5.75 Å². The molecule has 0 N–H and O–H groups in total. The number of nitrogens with zero attached hydrogens (tertiary/aromatic N) is 2. The summed E-state index contributed by atoms with van der Waals surface area (Å²) in [5.41, 5.74) is 0.556. The molecule has 0 aliphatic carbocycles. The fourth-order valence-electron chi connectivity index (χ4n) is 1.16. The number of hydrogen-bond acceptors (Lipinski definition) is 3. The van der Waals surface area contributed by atoms with Gasteiger partial charge in [-0.15, -0.1) is 0 Å². The molecule has 0 unspecified atom stereocenters. The van der Waals surface area contributed by atoms with E-state index < -0.39 is 5.91 Å². The lowest BCUT2D eigenvalue weighted by Crippen LogP contribution is -2.24. The second kappa shape index (κ2) is 5.38. The minimum Gasteiger partial charge on any atom is -0.492 e. The Bertz CT molecular complexity index is 440. The van der Waals surface area contributed by atoms with Gasteiger partial charge in [-0.1, -0.05) is 11.6 Å². The molecule has 16 heavy (non-hydrogen) atoms. The van der Waals surface area contributed by atoms with Gasteiger partial charge in [0.15, 0.2) is 6.07 Å². The van der Waals surface area contributed by atoms with Gasteiger partial charge in [-0.05, 0) is 25.1 Å². The van der Waals surface area contributed by atoms with Crippen LogP contribution in [-0.2, 0) is 4.79 Å². The van der Waals surface area contributed by atoms with Crippen molar-refractivity contribution in [1.82, 2.24) is 0 Å². The van der Waals surface area contributed by atoms with Crippen LogP contribution in [0, 0.1) is 11.3 Å². The first-order chi connectivity index (χ1) is 7.60. The Morgan fingerprint density at radius 3 is 2.81 bits per heavy atom. The number of ether oxygens (including phenoxy) is 1. The van der Waals surface area contributed by atoms with Crippen LogP contribution in [0.15, 0.2) is 18.2 Å². The normalized spacial score (nSPS) is 9.38. The van der Waals surface area contributed by atoms with E-state index in [4.69, 9.17) is 21.6 Å². The average molecular weight is 239 g/mol. The van der Waals surface area contributed by atoms with E-state index in [9.17, 15) is 4.79 Å². The van der Waals surface area contributed by atoms with E-state index in [1.165, 1.54) is 18.0 Å². The number of amides is 1. The highest BCUT2D eigenvalue weighted by atomic mass is 35.5. The zero-order chi connectivity index (χ0) is 12.1. The van der Waals surface area contributed by atoms with E-state index in [1.54, 1.807) is 18.2 Å². The SMILES string of the molecule is CCOc1ccc(N(C)C(=O)C#N)cc1Cl. The van der Waals surface area contributed by atoms with Crippen LogP contribution in [0.1, 0.15) is 6.92 Å².